The normalized spacial score (nSPS) is 12.5. The smallest absolute Gasteiger partial charge is 0.126 e. The highest BCUT2D eigenvalue weighted by Crippen LogP contribution is 2.26. The van der Waals surface area contributed by atoms with Gasteiger partial charge in [0.05, 0.1) is 6.04 Å². The average molecular weight is 308 g/mol. The molecule has 3 heteroatoms. The van der Waals surface area contributed by atoms with Gasteiger partial charge in [0, 0.05) is 4.47 Å². The molecule has 1 atom stereocenters. The Balaban J connectivity index is 2.41. The van der Waals surface area contributed by atoms with E-state index >= 15 is 0 Å². The highest BCUT2D eigenvalue weighted by atomic mass is 79.9. The van der Waals surface area contributed by atoms with E-state index in [0.29, 0.717) is 5.56 Å². The van der Waals surface area contributed by atoms with Crippen LogP contribution in [0.5, 0.6) is 0 Å². The molecule has 0 heterocycles. The molecule has 0 aliphatic heterocycles. The van der Waals surface area contributed by atoms with Gasteiger partial charge in [-0.2, -0.15) is 0 Å². The molecule has 1 unspecified atom stereocenters. The Morgan fingerprint density at radius 1 is 1.06 bits per heavy atom. The summed E-state index contributed by atoms with van der Waals surface area (Å²) in [5, 5.41) is 0. The molecule has 1 nitrogen and oxygen atoms in total. The third-order valence-corrected chi connectivity index (χ3v) is 3.60. The van der Waals surface area contributed by atoms with Gasteiger partial charge in [-0.25, -0.2) is 4.39 Å². The molecule has 94 valence electrons. The molecule has 0 aromatic heterocycles. The minimum atomic E-state index is -0.225. The minimum absolute atomic E-state index is 0.196. The summed E-state index contributed by atoms with van der Waals surface area (Å²) in [5.41, 5.74) is 9.98. The summed E-state index contributed by atoms with van der Waals surface area (Å²) in [6.45, 7) is 3.77. The molecule has 0 saturated carbocycles. The molecule has 0 spiro atoms. The van der Waals surface area contributed by atoms with Crippen molar-refractivity contribution in [3.05, 3.63) is 68.9 Å². The molecule has 2 aromatic carbocycles. The number of hydrogen-bond acceptors (Lipinski definition) is 1. The monoisotopic (exact) mass is 307 g/mol. The zero-order chi connectivity index (χ0) is 13.3. The van der Waals surface area contributed by atoms with Gasteiger partial charge in [-0.1, -0.05) is 34.1 Å². The van der Waals surface area contributed by atoms with Gasteiger partial charge in [0.2, 0.25) is 0 Å². The van der Waals surface area contributed by atoms with Crippen molar-refractivity contribution in [2.45, 2.75) is 19.9 Å². The second-order valence-electron chi connectivity index (χ2n) is 4.49. The van der Waals surface area contributed by atoms with Gasteiger partial charge in [-0.15, -0.1) is 0 Å². The first-order chi connectivity index (χ1) is 8.49. The summed E-state index contributed by atoms with van der Waals surface area (Å²) < 4.78 is 14.3. The second-order valence-corrected chi connectivity index (χ2v) is 5.40. The van der Waals surface area contributed by atoms with Crippen molar-refractivity contribution < 1.29 is 4.39 Å². The number of aryl methyl sites for hydroxylation is 2. The Morgan fingerprint density at radius 3 is 2.39 bits per heavy atom. The van der Waals surface area contributed by atoms with Crippen LogP contribution in [-0.4, -0.2) is 0 Å². The van der Waals surface area contributed by atoms with E-state index in [0.717, 1.165) is 21.2 Å². The van der Waals surface area contributed by atoms with E-state index < -0.39 is 0 Å². The topological polar surface area (TPSA) is 26.0 Å². The van der Waals surface area contributed by atoms with E-state index in [2.05, 4.69) is 15.9 Å². The lowest BCUT2D eigenvalue weighted by molar-refractivity contribution is 0.617. The predicted octanol–water partition coefficient (Wildman–Crippen LogP) is 4.25. The summed E-state index contributed by atoms with van der Waals surface area (Å²) in [6, 6.07) is 10.8. The van der Waals surface area contributed by atoms with E-state index in [-0.39, 0.29) is 11.9 Å². The highest BCUT2D eigenvalue weighted by molar-refractivity contribution is 9.10. The first kappa shape index (κ1) is 13.2. The van der Waals surface area contributed by atoms with Crippen LogP contribution in [0.4, 0.5) is 4.39 Å². The molecule has 0 radical (unpaired) electrons. The van der Waals surface area contributed by atoms with Crippen molar-refractivity contribution in [1.82, 2.24) is 0 Å². The van der Waals surface area contributed by atoms with Crippen LogP contribution < -0.4 is 5.73 Å². The molecule has 0 amide bonds. The third-order valence-electron chi connectivity index (χ3n) is 3.11. The van der Waals surface area contributed by atoms with Crippen LogP contribution in [0.25, 0.3) is 0 Å². The van der Waals surface area contributed by atoms with Crippen LogP contribution in [0.3, 0.4) is 0 Å². The molecular weight excluding hydrogens is 293 g/mol. The largest absolute Gasteiger partial charge is 0.320 e. The van der Waals surface area contributed by atoms with Gasteiger partial charge >= 0.3 is 0 Å². The second kappa shape index (κ2) is 5.21. The Morgan fingerprint density at radius 2 is 1.78 bits per heavy atom. The van der Waals surface area contributed by atoms with E-state index in [1.54, 1.807) is 13.0 Å². The summed E-state index contributed by atoms with van der Waals surface area (Å²) in [6.07, 6.45) is 0. The van der Waals surface area contributed by atoms with Crippen molar-refractivity contribution in [1.29, 1.82) is 0 Å². The molecule has 2 rings (SSSR count). The standard InChI is InChI=1S/C15H15BrFN/c1-9-8-12(16)4-5-13(9)15(18)11-3-6-14(17)10(2)7-11/h3-8,15H,18H2,1-2H3. The minimum Gasteiger partial charge on any atom is -0.320 e. The molecule has 0 fully saturated rings. The molecular formula is C15H15BrFN. The fourth-order valence-corrected chi connectivity index (χ4v) is 2.50. The number of hydrogen-bond donors (Lipinski definition) is 1. The van der Waals surface area contributed by atoms with Crippen molar-refractivity contribution in [2.75, 3.05) is 0 Å². The summed E-state index contributed by atoms with van der Waals surface area (Å²) >= 11 is 3.43. The highest BCUT2D eigenvalue weighted by Gasteiger charge is 2.12. The Kier molecular flexibility index (Phi) is 3.83. The maximum Gasteiger partial charge on any atom is 0.126 e. The number of rotatable bonds is 2. The lowest BCUT2D eigenvalue weighted by Crippen LogP contribution is -2.13. The number of nitrogens with two attached hydrogens (primary N) is 1. The first-order valence-electron chi connectivity index (χ1n) is 5.76. The quantitative estimate of drug-likeness (QED) is 0.881. The molecule has 0 saturated heterocycles. The number of benzene rings is 2. The molecule has 0 bridgehead atoms. The third kappa shape index (κ3) is 2.62. The average Bonchev–Trinajstić information content (AvgIpc) is 2.32. The zero-order valence-corrected chi connectivity index (χ0v) is 12.0. The molecule has 2 aromatic rings. The van der Waals surface area contributed by atoms with Crippen LogP contribution in [0, 0.1) is 19.7 Å². The Hall–Kier alpha value is -1.19. The zero-order valence-electron chi connectivity index (χ0n) is 10.4. The number of halogens is 2. The molecule has 0 aliphatic carbocycles. The Labute approximate surface area is 115 Å². The fourth-order valence-electron chi connectivity index (χ4n) is 2.03. The van der Waals surface area contributed by atoms with Crippen LogP contribution in [0.2, 0.25) is 0 Å². The molecule has 0 aliphatic rings. The first-order valence-corrected chi connectivity index (χ1v) is 6.56. The van der Waals surface area contributed by atoms with Crippen molar-refractivity contribution >= 4 is 15.9 Å². The van der Waals surface area contributed by atoms with Crippen molar-refractivity contribution in [2.24, 2.45) is 5.73 Å². The van der Waals surface area contributed by atoms with E-state index in [4.69, 9.17) is 5.73 Å². The maximum absolute atomic E-state index is 13.2. The van der Waals surface area contributed by atoms with Gasteiger partial charge in [0.25, 0.3) is 0 Å². The lowest BCUT2D eigenvalue weighted by Gasteiger charge is -2.16. The van der Waals surface area contributed by atoms with Crippen LogP contribution >= 0.6 is 15.9 Å². The van der Waals surface area contributed by atoms with Gasteiger partial charge in [0.15, 0.2) is 0 Å². The lowest BCUT2D eigenvalue weighted by atomic mass is 9.95. The van der Waals surface area contributed by atoms with Crippen molar-refractivity contribution in [3.8, 4) is 0 Å². The Bertz CT molecular complexity index is 581. The van der Waals surface area contributed by atoms with Gasteiger partial charge in [0.1, 0.15) is 5.82 Å². The predicted molar refractivity (Wildman–Crippen MR) is 76.0 cm³/mol. The van der Waals surface area contributed by atoms with Gasteiger partial charge in [-0.05, 0) is 54.3 Å². The van der Waals surface area contributed by atoms with Gasteiger partial charge in [-0.3, -0.25) is 0 Å². The van der Waals surface area contributed by atoms with Crippen LogP contribution in [0.15, 0.2) is 40.9 Å². The summed E-state index contributed by atoms with van der Waals surface area (Å²) in [4.78, 5) is 0. The van der Waals surface area contributed by atoms with E-state index in [1.807, 2.05) is 31.2 Å². The SMILES string of the molecule is Cc1cc(C(N)c2ccc(Br)cc2C)ccc1F. The van der Waals surface area contributed by atoms with Crippen LogP contribution in [-0.2, 0) is 0 Å². The molecule has 18 heavy (non-hydrogen) atoms. The fraction of sp³-hybridized carbons (Fsp3) is 0.200. The summed E-state index contributed by atoms with van der Waals surface area (Å²) in [7, 11) is 0. The van der Waals surface area contributed by atoms with E-state index in [9.17, 15) is 4.39 Å². The van der Waals surface area contributed by atoms with Gasteiger partial charge < -0.3 is 5.73 Å². The van der Waals surface area contributed by atoms with Crippen LogP contribution in [0.1, 0.15) is 28.3 Å². The van der Waals surface area contributed by atoms with Crippen molar-refractivity contribution in [3.63, 3.8) is 0 Å². The maximum atomic E-state index is 13.2. The summed E-state index contributed by atoms with van der Waals surface area (Å²) in [5.74, 6) is -0.196. The van der Waals surface area contributed by atoms with E-state index in [1.165, 1.54) is 6.07 Å². The molecule has 2 N–H and O–H groups in total.